The molecule has 0 saturated heterocycles. The number of hydrogen-bond acceptors (Lipinski definition) is 3. The Morgan fingerprint density at radius 2 is 2.00 bits per heavy atom. The van der Waals surface area contributed by atoms with Crippen LogP contribution in [0.3, 0.4) is 0 Å². The van der Waals surface area contributed by atoms with Crippen molar-refractivity contribution >= 4 is 0 Å². The summed E-state index contributed by atoms with van der Waals surface area (Å²) in [6, 6.07) is 0. The molecular weight excluding hydrogens is 156 g/mol. The predicted octanol–water partition coefficient (Wildman–Crippen LogP) is 1.22. The molecule has 4 heteroatoms. The van der Waals surface area contributed by atoms with Crippen molar-refractivity contribution in [3.05, 3.63) is 6.20 Å². The lowest BCUT2D eigenvalue weighted by molar-refractivity contribution is 0.272. The summed E-state index contributed by atoms with van der Waals surface area (Å²) >= 11 is 0. The van der Waals surface area contributed by atoms with Gasteiger partial charge in [0.25, 0.3) is 5.88 Å². The van der Waals surface area contributed by atoms with Crippen LogP contribution in [0, 0.1) is 0 Å². The molecule has 0 N–H and O–H groups in total. The number of hydrogen-bond donors (Lipinski definition) is 0. The van der Waals surface area contributed by atoms with Crippen LogP contribution in [0.2, 0.25) is 0 Å². The predicted molar refractivity (Wildman–Crippen MR) is 45.5 cm³/mol. The van der Waals surface area contributed by atoms with Gasteiger partial charge in [-0.2, -0.15) is 5.10 Å². The van der Waals surface area contributed by atoms with E-state index in [1.807, 2.05) is 20.9 Å². The number of ether oxygens (including phenoxy) is 2. The van der Waals surface area contributed by atoms with E-state index in [1.165, 1.54) is 0 Å². The highest BCUT2D eigenvalue weighted by Gasteiger charge is 2.09. The Labute approximate surface area is 72.1 Å². The molecule has 0 saturated carbocycles. The summed E-state index contributed by atoms with van der Waals surface area (Å²) in [5, 5.41) is 4.02. The van der Waals surface area contributed by atoms with Crippen molar-refractivity contribution in [2.75, 3.05) is 13.2 Å². The minimum atomic E-state index is 0.625. The first kappa shape index (κ1) is 8.90. The van der Waals surface area contributed by atoms with Gasteiger partial charge in [-0.05, 0) is 13.8 Å². The van der Waals surface area contributed by atoms with Gasteiger partial charge in [-0.3, -0.25) is 0 Å². The molecule has 1 aromatic rings. The van der Waals surface area contributed by atoms with E-state index in [1.54, 1.807) is 10.9 Å². The molecule has 0 unspecified atom stereocenters. The van der Waals surface area contributed by atoms with E-state index >= 15 is 0 Å². The second-order valence-corrected chi connectivity index (χ2v) is 2.30. The van der Waals surface area contributed by atoms with Crippen molar-refractivity contribution in [2.45, 2.75) is 13.8 Å². The number of nitrogens with zero attached hydrogens (tertiary/aromatic N) is 2. The van der Waals surface area contributed by atoms with Gasteiger partial charge in [-0.25, -0.2) is 4.68 Å². The van der Waals surface area contributed by atoms with E-state index < -0.39 is 0 Å². The molecule has 0 atom stereocenters. The quantitative estimate of drug-likeness (QED) is 0.681. The summed E-state index contributed by atoms with van der Waals surface area (Å²) in [4.78, 5) is 0. The Hall–Kier alpha value is -1.19. The van der Waals surface area contributed by atoms with Gasteiger partial charge >= 0.3 is 0 Å². The SMILES string of the molecule is CCOc1cnn(C)c1OCC. The van der Waals surface area contributed by atoms with Gasteiger partial charge in [0.15, 0.2) is 0 Å². The molecule has 0 fully saturated rings. The molecule has 12 heavy (non-hydrogen) atoms. The minimum Gasteiger partial charge on any atom is -0.487 e. The van der Waals surface area contributed by atoms with Crippen molar-refractivity contribution in [3.63, 3.8) is 0 Å². The second kappa shape index (κ2) is 3.99. The molecule has 1 rings (SSSR count). The Kier molecular flexibility index (Phi) is 2.96. The Balaban J connectivity index is 2.80. The fourth-order valence-corrected chi connectivity index (χ4v) is 0.962. The van der Waals surface area contributed by atoms with E-state index in [2.05, 4.69) is 5.10 Å². The average Bonchev–Trinajstić information content (AvgIpc) is 2.37. The zero-order chi connectivity index (χ0) is 8.97. The van der Waals surface area contributed by atoms with Crippen LogP contribution in [0.4, 0.5) is 0 Å². The largest absolute Gasteiger partial charge is 0.487 e. The minimum absolute atomic E-state index is 0.625. The van der Waals surface area contributed by atoms with Gasteiger partial charge in [0.2, 0.25) is 5.75 Å². The monoisotopic (exact) mass is 170 g/mol. The standard InChI is InChI=1S/C8H14N2O2/c1-4-11-7-6-9-10(3)8(7)12-5-2/h6H,4-5H2,1-3H3. The molecular formula is C8H14N2O2. The molecule has 0 radical (unpaired) electrons. The van der Waals surface area contributed by atoms with Crippen LogP contribution < -0.4 is 9.47 Å². The van der Waals surface area contributed by atoms with Crippen LogP contribution in [-0.2, 0) is 7.05 Å². The van der Waals surface area contributed by atoms with Crippen LogP contribution in [0.15, 0.2) is 6.20 Å². The maximum atomic E-state index is 5.34. The highest BCUT2D eigenvalue weighted by molar-refractivity contribution is 5.31. The van der Waals surface area contributed by atoms with Gasteiger partial charge in [0, 0.05) is 7.05 Å². The highest BCUT2D eigenvalue weighted by Crippen LogP contribution is 2.25. The fraction of sp³-hybridized carbons (Fsp3) is 0.625. The molecule has 1 heterocycles. The van der Waals surface area contributed by atoms with Crippen molar-refractivity contribution in [1.82, 2.24) is 9.78 Å². The van der Waals surface area contributed by atoms with Crippen molar-refractivity contribution in [1.29, 1.82) is 0 Å². The third-order valence-corrected chi connectivity index (χ3v) is 1.43. The molecule has 0 spiro atoms. The van der Waals surface area contributed by atoms with Gasteiger partial charge < -0.3 is 9.47 Å². The van der Waals surface area contributed by atoms with Crippen LogP contribution in [-0.4, -0.2) is 23.0 Å². The summed E-state index contributed by atoms with van der Waals surface area (Å²) in [5.74, 6) is 1.40. The zero-order valence-corrected chi connectivity index (χ0v) is 7.70. The Morgan fingerprint density at radius 1 is 1.33 bits per heavy atom. The summed E-state index contributed by atoms with van der Waals surface area (Å²) < 4.78 is 12.3. The fourth-order valence-electron chi connectivity index (χ4n) is 0.962. The lowest BCUT2D eigenvalue weighted by Gasteiger charge is -2.05. The molecule has 0 bridgehead atoms. The van der Waals surface area contributed by atoms with Gasteiger partial charge in [-0.15, -0.1) is 0 Å². The van der Waals surface area contributed by atoms with Gasteiger partial charge in [0.05, 0.1) is 19.4 Å². The van der Waals surface area contributed by atoms with Gasteiger partial charge in [0.1, 0.15) is 0 Å². The molecule has 4 nitrogen and oxygen atoms in total. The first-order valence-corrected chi connectivity index (χ1v) is 4.07. The molecule has 0 aliphatic heterocycles. The van der Waals surface area contributed by atoms with E-state index in [9.17, 15) is 0 Å². The van der Waals surface area contributed by atoms with Crippen molar-refractivity contribution < 1.29 is 9.47 Å². The summed E-state index contributed by atoms with van der Waals surface area (Å²) in [7, 11) is 1.83. The molecule has 68 valence electrons. The molecule has 0 aliphatic rings. The zero-order valence-electron chi connectivity index (χ0n) is 7.70. The average molecular weight is 170 g/mol. The highest BCUT2D eigenvalue weighted by atomic mass is 16.5. The number of aromatic nitrogens is 2. The first-order chi connectivity index (χ1) is 5.79. The van der Waals surface area contributed by atoms with Crippen LogP contribution >= 0.6 is 0 Å². The third kappa shape index (κ3) is 1.69. The lowest BCUT2D eigenvalue weighted by atomic mass is 10.6. The summed E-state index contributed by atoms with van der Waals surface area (Å²) in [6.07, 6.45) is 1.66. The maximum absolute atomic E-state index is 5.34. The number of aryl methyl sites for hydroxylation is 1. The third-order valence-electron chi connectivity index (χ3n) is 1.43. The first-order valence-electron chi connectivity index (χ1n) is 4.07. The smallest absolute Gasteiger partial charge is 0.255 e. The maximum Gasteiger partial charge on any atom is 0.255 e. The Bertz CT molecular complexity index is 245. The van der Waals surface area contributed by atoms with Crippen molar-refractivity contribution in [3.8, 4) is 11.6 Å². The topological polar surface area (TPSA) is 36.3 Å². The van der Waals surface area contributed by atoms with E-state index in [-0.39, 0.29) is 0 Å². The Morgan fingerprint density at radius 3 is 2.58 bits per heavy atom. The summed E-state index contributed by atoms with van der Waals surface area (Å²) in [6.45, 7) is 5.12. The molecule has 0 amide bonds. The van der Waals surface area contributed by atoms with E-state index in [0.717, 1.165) is 0 Å². The normalized spacial score (nSPS) is 9.92. The van der Waals surface area contributed by atoms with Crippen LogP contribution in [0.5, 0.6) is 11.6 Å². The van der Waals surface area contributed by atoms with Gasteiger partial charge in [-0.1, -0.05) is 0 Å². The second-order valence-electron chi connectivity index (χ2n) is 2.30. The number of rotatable bonds is 4. The van der Waals surface area contributed by atoms with E-state index in [0.29, 0.717) is 24.8 Å². The lowest BCUT2D eigenvalue weighted by Crippen LogP contribution is -2.01. The van der Waals surface area contributed by atoms with Crippen LogP contribution in [0.1, 0.15) is 13.8 Å². The summed E-state index contributed by atoms with van der Waals surface area (Å²) in [5.41, 5.74) is 0. The van der Waals surface area contributed by atoms with Crippen LogP contribution in [0.25, 0.3) is 0 Å². The van der Waals surface area contributed by atoms with E-state index in [4.69, 9.17) is 9.47 Å². The molecule has 0 aliphatic carbocycles. The molecule has 0 aromatic carbocycles. The van der Waals surface area contributed by atoms with Crippen molar-refractivity contribution in [2.24, 2.45) is 7.05 Å². The molecule has 1 aromatic heterocycles.